The number of carbonyl (C=O) groups is 1. The van der Waals surface area contributed by atoms with Gasteiger partial charge in [0.2, 0.25) is 0 Å². The lowest BCUT2D eigenvalue weighted by molar-refractivity contribution is 0.0218. The topological polar surface area (TPSA) is 58.4 Å². The summed E-state index contributed by atoms with van der Waals surface area (Å²) in [5.74, 6) is 0.671. The molecule has 0 aliphatic carbocycles. The minimum atomic E-state index is 0.0475. The van der Waals surface area contributed by atoms with Crippen molar-refractivity contribution in [2.45, 2.75) is 31.8 Å². The first-order valence-corrected chi connectivity index (χ1v) is 9.45. The van der Waals surface area contributed by atoms with Crippen LogP contribution in [0.25, 0.3) is 10.4 Å². The van der Waals surface area contributed by atoms with Crippen molar-refractivity contribution in [3.05, 3.63) is 41.3 Å². The Morgan fingerprint density at radius 1 is 1.21 bits per heavy atom. The Hall–Kier alpha value is -1.85. The first kappa shape index (κ1) is 15.7. The lowest BCUT2D eigenvalue weighted by Crippen LogP contribution is -2.62. The summed E-state index contributed by atoms with van der Waals surface area (Å²) < 4.78 is 0. The molecule has 5 rings (SSSR count). The predicted molar refractivity (Wildman–Crippen MR) is 99.2 cm³/mol. The lowest BCUT2D eigenvalue weighted by Gasteiger charge is -2.49. The van der Waals surface area contributed by atoms with E-state index in [1.54, 1.807) is 0 Å². The molecule has 2 aromatic rings. The van der Waals surface area contributed by atoms with Gasteiger partial charge in [-0.1, -0.05) is 18.2 Å². The molecule has 0 spiro atoms. The van der Waals surface area contributed by atoms with Gasteiger partial charge in [0.1, 0.15) is 0 Å². The van der Waals surface area contributed by atoms with E-state index in [2.05, 4.69) is 17.1 Å². The fourth-order valence-corrected chi connectivity index (χ4v) is 5.05. The van der Waals surface area contributed by atoms with Gasteiger partial charge in [0, 0.05) is 28.2 Å². The Bertz CT molecular complexity index is 747. The molecule has 126 valence electrons. The maximum Gasteiger partial charge on any atom is 0.261 e. The number of piperidine rings is 3. The first-order valence-electron chi connectivity index (χ1n) is 8.63. The molecule has 0 unspecified atom stereocenters. The second-order valence-corrected chi connectivity index (χ2v) is 7.95. The van der Waals surface area contributed by atoms with E-state index in [0.29, 0.717) is 12.0 Å². The molecule has 3 aliphatic heterocycles. The van der Waals surface area contributed by atoms with Gasteiger partial charge in [0.25, 0.3) is 5.91 Å². The van der Waals surface area contributed by atoms with Gasteiger partial charge in [-0.05, 0) is 57.0 Å². The Labute approximate surface area is 146 Å². The number of rotatable bonds is 3. The molecule has 3 N–H and O–H groups in total. The van der Waals surface area contributed by atoms with Crippen LogP contribution in [0.5, 0.6) is 0 Å². The molecule has 4 nitrogen and oxygen atoms in total. The van der Waals surface area contributed by atoms with Gasteiger partial charge in [0.15, 0.2) is 0 Å². The van der Waals surface area contributed by atoms with Crippen molar-refractivity contribution < 1.29 is 4.79 Å². The molecule has 3 fully saturated rings. The molecule has 3 aliphatic rings. The Kier molecular flexibility index (Phi) is 4.06. The van der Waals surface area contributed by atoms with Crippen molar-refractivity contribution in [1.82, 2.24) is 10.2 Å². The second kappa shape index (κ2) is 6.22. The molecule has 1 aromatic carbocycles. The maximum absolute atomic E-state index is 12.7. The van der Waals surface area contributed by atoms with Crippen LogP contribution in [-0.2, 0) is 0 Å². The van der Waals surface area contributed by atoms with Gasteiger partial charge in [-0.3, -0.25) is 9.69 Å². The molecule has 5 heteroatoms. The number of nitrogens with two attached hydrogens (primary N) is 1. The highest BCUT2D eigenvalue weighted by Crippen LogP contribution is 2.34. The standard InChI is InChI=1S/C19H23N3OS/c1-12-18(13-8-10-22(12)11-9-13)21-19(23)17-7-6-16(24-17)14-4-2-3-5-15(14)20/h2-7,12-13,18H,8-11,20H2,1H3,(H,21,23)/t12-,18-/m0/s1. The van der Waals surface area contributed by atoms with Crippen molar-refractivity contribution in [3.63, 3.8) is 0 Å². The lowest BCUT2D eigenvalue weighted by atomic mass is 9.79. The van der Waals surface area contributed by atoms with Crippen LogP contribution in [0.3, 0.4) is 0 Å². The van der Waals surface area contributed by atoms with Crippen LogP contribution in [0.4, 0.5) is 5.69 Å². The highest BCUT2D eigenvalue weighted by Gasteiger charge is 2.40. The predicted octanol–water partition coefficient (Wildman–Crippen LogP) is 3.21. The highest BCUT2D eigenvalue weighted by molar-refractivity contribution is 7.17. The van der Waals surface area contributed by atoms with Crippen molar-refractivity contribution >= 4 is 22.9 Å². The number of fused-ring (bicyclic) bond motifs is 3. The molecule has 3 saturated heterocycles. The van der Waals surface area contributed by atoms with Crippen LogP contribution < -0.4 is 11.1 Å². The van der Waals surface area contributed by atoms with E-state index < -0.39 is 0 Å². The normalized spacial score (nSPS) is 28.7. The van der Waals surface area contributed by atoms with Crippen LogP contribution in [0.1, 0.15) is 29.4 Å². The zero-order chi connectivity index (χ0) is 16.7. The number of para-hydroxylation sites is 1. The third kappa shape index (κ3) is 2.72. The maximum atomic E-state index is 12.7. The smallest absolute Gasteiger partial charge is 0.261 e. The first-order chi connectivity index (χ1) is 11.6. The number of hydrogen-bond acceptors (Lipinski definition) is 4. The van der Waals surface area contributed by atoms with Gasteiger partial charge in [0.05, 0.1) is 4.88 Å². The summed E-state index contributed by atoms with van der Waals surface area (Å²) in [5, 5.41) is 3.29. The molecular weight excluding hydrogens is 318 g/mol. The fourth-order valence-electron chi connectivity index (χ4n) is 4.09. The number of nitrogens with one attached hydrogen (secondary N) is 1. The summed E-state index contributed by atoms with van der Waals surface area (Å²) in [6, 6.07) is 12.4. The molecule has 4 heterocycles. The van der Waals surface area contributed by atoms with E-state index in [9.17, 15) is 4.79 Å². The summed E-state index contributed by atoms with van der Waals surface area (Å²) >= 11 is 1.51. The number of carbonyl (C=O) groups excluding carboxylic acids is 1. The molecule has 0 saturated carbocycles. The monoisotopic (exact) mass is 341 g/mol. The number of benzene rings is 1. The minimum absolute atomic E-state index is 0.0475. The van der Waals surface area contributed by atoms with Crippen LogP contribution in [0.2, 0.25) is 0 Å². The van der Waals surface area contributed by atoms with E-state index in [4.69, 9.17) is 5.73 Å². The number of nitrogen functional groups attached to an aromatic ring is 1. The number of hydrogen-bond donors (Lipinski definition) is 2. The number of anilines is 1. The van der Waals surface area contributed by atoms with Gasteiger partial charge in [-0.15, -0.1) is 11.3 Å². The highest BCUT2D eigenvalue weighted by atomic mass is 32.1. The zero-order valence-corrected chi connectivity index (χ0v) is 14.7. The summed E-state index contributed by atoms with van der Waals surface area (Å²) in [7, 11) is 0. The van der Waals surface area contributed by atoms with Crippen molar-refractivity contribution in [3.8, 4) is 10.4 Å². The Morgan fingerprint density at radius 2 is 1.96 bits per heavy atom. The number of amides is 1. The largest absolute Gasteiger partial charge is 0.398 e. The van der Waals surface area contributed by atoms with Gasteiger partial charge >= 0.3 is 0 Å². The van der Waals surface area contributed by atoms with Gasteiger partial charge in [-0.25, -0.2) is 0 Å². The summed E-state index contributed by atoms with van der Waals surface area (Å²) in [6.45, 7) is 4.59. The van der Waals surface area contributed by atoms with Crippen LogP contribution >= 0.6 is 11.3 Å². The van der Waals surface area contributed by atoms with E-state index in [0.717, 1.165) is 21.0 Å². The molecule has 1 aromatic heterocycles. The summed E-state index contributed by atoms with van der Waals surface area (Å²) in [4.78, 5) is 17.0. The Balaban J connectivity index is 1.51. The molecule has 0 radical (unpaired) electrons. The van der Waals surface area contributed by atoms with E-state index in [1.165, 1.54) is 37.3 Å². The van der Waals surface area contributed by atoms with Crippen molar-refractivity contribution in [2.24, 2.45) is 5.92 Å². The molecule has 24 heavy (non-hydrogen) atoms. The number of thiophene rings is 1. The summed E-state index contributed by atoms with van der Waals surface area (Å²) in [5.41, 5.74) is 7.79. The molecule has 1 amide bonds. The molecule has 2 bridgehead atoms. The van der Waals surface area contributed by atoms with Crippen LogP contribution in [0, 0.1) is 5.92 Å². The van der Waals surface area contributed by atoms with Crippen LogP contribution in [-0.4, -0.2) is 36.0 Å². The third-order valence-electron chi connectivity index (χ3n) is 5.53. The fraction of sp³-hybridized carbons (Fsp3) is 0.421. The van der Waals surface area contributed by atoms with Gasteiger partial charge < -0.3 is 11.1 Å². The van der Waals surface area contributed by atoms with Crippen molar-refractivity contribution in [1.29, 1.82) is 0 Å². The molecular formula is C19H23N3OS. The SMILES string of the molecule is C[C@H]1[C@H](NC(=O)c2ccc(-c3ccccc3N)s2)C2CCN1CC2. The average Bonchev–Trinajstić information content (AvgIpc) is 3.09. The zero-order valence-electron chi connectivity index (χ0n) is 13.9. The third-order valence-corrected chi connectivity index (χ3v) is 6.65. The Morgan fingerprint density at radius 3 is 2.67 bits per heavy atom. The van der Waals surface area contributed by atoms with E-state index >= 15 is 0 Å². The average molecular weight is 341 g/mol. The van der Waals surface area contributed by atoms with E-state index in [-0.39, 0.29) is 11.9 Å². The minimum Gasteiger partial charge on any atom is -0.398 e. The molecule has 2 atom stereocenters. The quantitative estimate of drug-likeness (QED) is 0.843. The van der Waals surface area contributed by atoms with Crippen molar-refractivity contribution in [2.75, 3.05) is 18.8 Å². The van der Waals surface area contributed by atoms with Crippen LogP contribution in [0.15, 0.2) is 36.4 Å². The van der Waals surface area contributed by atoms with Gasteiger partial charge in [-0.2, -0.15) is 0 Å². The number of nitrogens with zero attached hydrogens (tertiary/aromatic N) is 1. The summed E-state index contributed by atoms with van der Waals surface area (Å²) in [6.07, 6.45) is 2.40. The second-order valence-electron chi connectivity index (χ2n) is 6.86. The van der Waals surface area contributed by atoms with E-state index in [1.807, 2.05) is 36.4 Å².